The average Bonchev–Trinajstić information content (AvgIpc) is 3.19. The summed E-state index contributed by atoms with van der Waals surface area (Å²) in [5, 5.41) is 0. The second-order valence-electron chi connectivity index (χ2n) is 9.43. The molecule has 2 saturated heterocycles. The monoisotopic (exact) mass is 470 g/mol. The quantitative estimate of drug-likeness (QED) is 0.569. The summed E-state index contributed by atoms with van der Waals surface area (Å²) in [5.74, 6) is -1.33. The van der Waals surface area contributed by atoms with Gasteiger partial charge >= 0.3 is 0 Å². The number of hydrogen-bond donors (Lipinski definition) is 0. The SMILES string of the molecule is C[C@@H]1CN(c2ccnc(-c3cnc4ccc(C(C)(F)F)cn34)n2)C[C@H](C)N1C(=O)CC1COC1. The number of pyridine rings is 1. The molecule has 1 amide bonds. The summed E-state index contributed by atoms with van der Waals surface area (Å²) < 4.78 is 34.6. The number of piperazine rings is 1. The van der Waals surface area contributed by atoms with Crippen LogP contribution in [-0.2, 0) is 15.5 Å². The van der Waals surface area contributed by atoms with Gasteiger partial charge < -0.3 is 14.5 Å². The van der Waals surface area contributed by atoms with E-state index in [1.54, 1.807) is 22.9 Å². The molecule has 2 fully saturated rings. The fourth-order valence-electron chi connectivity index (χ4n) is 4.81. The van der Waals surface area contributed by atoms with Crippen LogP contribution in [0.5, 0.6) is 0 Å². The maximum atomic E-state index is 13.9. The first-order valence-corrected chi connectivity index (χ1v) is 11.5. The maximum Gasteiger partial charge on any atom is 0.271 e. The molecular formula is C24H28F2N6O2. The molecule has 3 aromatic heterocycles. The minimum atomic E-state index is -2.96. The zero-order valence-electron chi connectivity index (χ0n) is 19.5. The summed E-state index contributed by atoms with van der Waals surface area (Å²) in [4.78, 5) is 30.4. The molecule has 34 heavy (non-hydrogen) atoms. The molecule has 2 aliphatic rings. The number of ether oxygens (including phenoxy) is 1. The number of anilines is 1. The first-order valence-electron chi connectivity index (χ1n) is 11.5. The molecule has 180 valence electrons. The third-order valence-electron chi connectivity index (χ3n) is 6.58. The average molecular weight is 471 g/mol. The summed E-state index contributed by atoms with van der Waals surface area (Å²) >= 11 is 0. The number of alkyl halides is 2. The van der Waals surface area contributed by atoms with Crippen molar-refractivity contribution in [3.05, 3.63) is 42.4 Å². The number of carbonyl (C=O) groups is 1. The van der Waals surface area contributed by atoms with E-state index in [-0.39, 0.29) is 23.6 Å². The minimum Gasteiger partial charge on any atom is -0.381 e. The topological polar surface area (TPSA) is 75.9 Å². The Morgan fingerprint density at radius 1 is 1.15 bits per heavy atom. The number of nitrogens with zero attached hydrogens (tertiary/aromatic N) is 6. The first-order chi connectivity index (χ1) is 16.2. The predicted molar refractivity (Wildman–Crippen MR) is 123 cm³/mol. The number of halogens is 2. The van der Waals surface area contributed by atoms with Crippen LogP contribution >= 0.6 is 0 Å². The lowest BCUT2D eigenvalue weighted by molar-refractivity contribution is -0.141. The van der Waals surface area contributed by atoms with E-state index in [4.69, 9.17) is 9.72 Å². The van der Waals surface area contributed by atoms with E-state index in [0.29, 0.717) is 55.8 Å². The van der Waals surface area contributed by atoms with Crippen molar-refractivity contribution in [2.75, 3.05) is 31.2 Å². The lowest BCUT2D eigenvalue weighted by atomic mass is 10.0. The molecule has 5 heterocycles. The largest absolute Gasteiger partial charge is 0.381 e. The highest BCUT2D eigenvalue weighted by Gasteiger charge is 2.35. The Bertz CT molecular complexity index is 1190. The van der Waals surface area contributed by atoms with Gasteiger partial charge in [-0.15, -0.1) is 0 Å². The summed E-state index contributed by atoms with van der Waals surface area (Å²) in [7, 11) is 0. The summed E-state index contributed by atoms with van der Waals surface area (Å²) in [6.07, 6.45) is 5.17. The van der Waals surface area contributed by atoms with Crippen LogP contribution in [0, 0.1) is 5.92 Å². The lowest BCUT2D eigenvalue weighted by Gasteiger charge is -2.45. The molecule has 3 aromatic rings. The standard InChI is InChI=1S/C24H28F2N6O2/c1-15-10-30(11-16(2)32(15)22(33)8-17-13-34-14-17)21-6-7-27-23(29-21)19-9-28-20-5-4-18(12-31(19)20)24(3,25)26/h4-7,9,12,15-17H,8,10-11,13-14H2,1-3H3/t15-,16+. The number of amides is 1. The zero-order chi connectivity index (χ0) is 24.0. The molecule has 0 aromatic carbocycles. The normalized spacial score (nSPS) is 21.7. The number of imidazole rings is 1. The van der Waals surface area contributed by atoms with Crippen molar-refractivity contribution >= 4 is 17.4 Å². The molecule has 0 bridgehead atoms. The molecule has 2 atom stereocenters. The molecule has 0 aliphatic carbocycles. The van der Waals surface area contributed by atoms with Crippen LogP contribution in [0.3, 0.4) is 0 Å². The van der Waals surface area contributed by atoms with Gasteiger partial charge in [-0.25, -0.2) is 23.7 Å². The van der Waals surface area contributed by atoms with Gasteiger partial charge in [0.15, 0.2) is 5.82 Å². The summed E-state index contributed by atoms with van der Waals surface area (Å²) in [5.41, 5.74) is 0.983. The van der Waals surface area contributed by atoms with E-state index >= 15 is 0 Å². The van der Waals surface area contributed by atoms with Crippen LogP contribution in [0.15, 0.2) is 36.8 Å². The second-order valence-corrected chi connectivity index (χ2v) is 9.43. The maximum absolute atomic E-state index is 13.9. The fourth-order valence-corrected chi connectivity index (χ4v) is 4.81. The van der Waals surface area contributed by atoms with E-state index in [2.05, 4.69) is 28.7 Å². The molecule has 0 N–H and O–H groups in total. The van der Waals surface area contributed by atoms with E-state index in [1.165, 1.54) is 12.3 Å². The number of carbonyl (C=O) groups excluding carboxylic acids is 1. The van der Waals surface area contributed by atoms with Crippen molar-refractivity contribution in [2.45, 2.75) is 45.2 Å². The Morgan fingerprint density at radius 2 is 1.88 bits per heavy atom. The molecule has 0 saturated carbocycles. The van der Waals surface area contributed by atoms with Crippen LogP contribution in [-0.4, -0.2) is 68.5 Å². The highest BCUT2D eigenvalue weighted by molar-refractivity contribution is 5.77. The first kappa shape index (κ1) is 22.6. The Morgan fingerprint density at radius 3 is 2.53 bits per heavy atom. The number of aromatic nitrogens is 4. The number of rotatable bonds is 5. The Labute approximate surface area is 196 Å². The minimum absolute atomic E-state index is 0.0285. The molecule has 5 rings (SSSR count). The predicted octanol–water partition coefficient (Wildman–Crippen LogP) is 3.37. The van der Waals surface area contributed by atoms with Crippen LogP contribution < -0.4 is 4.90 Å². The van der Waals surface area contributed by atoms with Gasteiger partial charge in [-0.1, -0.05) is 0 Å². The van der Waals surface area contributed by atoms with Gasteiger partial charge in [0.1, 0.15) is 17.2 Å². The summed E-state index contributed by atoms with van der Waals surface area (Å²) in [6, 6.07) is 4.84. The van der Waals surface area contributed by atoms with Gasteiger partial charge in [-0.2, -0.15) is 0 Å². The van der Waals surface area contributed by atoms with Gasteiger partial charge in [-0.3, -0.25) is 9.20 Å². The van der Waals surface area contributed by atoms with Crippen molar-refractivity contribution in [3.8, 4) is 11.5 Å². The van der Waals surface area contributed by atoms with Crippen molar-refractivity contribution in [2.24, 2.45) is 5.92 Å². The highest BCUT2D eigenvalue weighted by atomic mass is 19.3. The number of hydrogen-bond acceptors (Lipinski definition) is 6. The van der Waals surface area contributed by atoms with Crippen molar-refractivity contribution in [1.29, 1.82) is 0 Å². The molecule has 0 unspecified atom stereocenters. The van der Waals surface area contributed by atoms with Gasteiger partial charge in [0.05, 0.1) is 19.4 Å². The van der Waals surface area contributed by atoms with Crippen LogP contribution in [0.1, 0.15) is 32.8 Å². The van der Waals surface area contributed by atoms with Gasteiger partial charge in [0.25, 0.3) is 5.92 Å². The Hall–Kier alpha value is -3.14. The smallest absolute Gasteiger partial charge is 0.271 e. The van der Waals surface area contributed by atoms with Gasteiger partial charge in [-0.05, 0) is 32.0 Å². The van der Waals surface area contributed by atoms with Crippen molar-refractivity contribution in [1.82, 2.24) is 24.3 Å². The molecule has 2 aliphatic heterocycles. The van der Waals surface area contributed by atoms with E-state index in [1.807, 2.05) is 11.0 Å². The van der Waals surface area contributed by atoms with Crippen LogP contribution in [0.2, 0.25) is 0 Å². The summed E-state index contributed by atoms with van der Waals surface area (Å²) in [6.45, 7) is 7.60. The van der Waals surface area contributed by atoms with Crippen molar-refractivity contribution in [3.63, 3.8) is 0 Å². The Balaban J connectivity index is 1.38. The van der Waals surface area contributed by atoms with Crippen LogP contribution in [0.4, 0.5) is 14.6 Å². The van der Waals surface area contributed by atoms with Gasteiger partial charge in [0.2, 0.25) is 5.91 Å². The van der Waals surface area contributed by atoms with E-state index < -0.39 is 5.92 Å². The van der Waals surface area contributed by atoms with Gasteiger partial charge in [0, 0.05) is 62.4 Å². The third-order valence-corrected chi connectivity index (χ3v) is 6.58. The zero-order valence-corrected chi connectivity index (χ0v) is 19.5. The highest BCUT2D eigenvalue weighted by Crippen LogP contribution is 2.29. The molecular weight excluding hydrogens is 442 g/mol. The third kappa shape index (κ3) is 4.22. The lowest BCUT2D eigenvalue weighted by Crippen LogP contribution is -2.59. The fraction of sp³-hybridized carbons (Fsp3) is 0.500. The van der Waals surface area contributed by atoms with Crippen molar-refractivity contribution < 1.29 is 18.3 Å². The van der Waals surface area contributed by atoms with E-state index in [9.17, 15) is 13.6 Å². The van der Waals surface area contributed by atoms with Crippen LogP contribution in [0.25, 0.3) is 17.2 Å². The number of fused-ring (bicyclic) bond motifs is 1. The molecule has 0 spiro atoms. The van der Waals surface area contributed by atoms with E-state index in [0.717, 1.165) is 12.7 Å². The Kier molecular flexibility index (Phi) is 5.71. The second kappa shape index (κ2) is 8.57. The molecule has 0 radical (unpaired) electrons. The molecule has 8 nitrogen and oxygen atoms in total. The molecule has 10 heteroatoms.